The summed E-state index contributed by atoms with van der Waals surface area (Å²) in [6.07, 6.45) is 2.59. The molecule has 4 nitrogen and oxygen atoms in total. The standard InChI is InChI=1S/C25H24N2O2S/c1-17-9-10-20(14-18(17)2)24(28)26-23(15-22-8-5-13-30-22)25(29)27-12-11-19-6-3-4-7-21(19)16-27/h3-10,13-15H,11-12,16H2,1-2H3,(H,26,28)/b23-15-. The van der Waals surface area contributed by atoms with Crippen LogP contribution in [0.25, 0.3) is 6.08 Å². The Morgan fingerprint density at radius 3 is 2.53 bits per heavy atom. The van der Waals surface area contributed by atoms with Gasteiger partial charge < -0.3 is 10.2 Å². The van der Waals surface area contributed by atoms with Crippen molar-refractivity contribution in [1.82, 2.24) is 10.2 Å². The summed E-state index contributed by atoms with van der Waals surface area (Å²) >= 11 is 1.53. The highest BCUT2D eigenvalue weighted by Gasteiger charge is 2.25. The Hall–Kier alpha value is -3.18. The van der Waals surface area contributed by atoms with Gasteiger partial charge in [-0.3, -0.25) is 9.59 Å². The molecule has 3 aromatic rings. The van der Waals surface area contributed by atoms with Gasteiger partial charge in [0.1, 0.15) is 5.70 Å². The smallest absolute Gasteiger partial charge is 0.270 e. The summed E-state index contributed by atoms with van der Waals surface area (Å²) < 4.78 is 0. The van der Waals surface area contributed by atoms with Gasteiger partial charge >= 0.3 is 0 Å². The summed E-state index contributed by atoms with van der Waals surface area (Å²) in [5.74, 6) is -0.429. The molecule has 0 spiro atoms. The number of nitrogens with one attached hydrogen (secondary N) is 1. The molecule has 0 radical (unpaired) electrons. The van der Waals surface area contributed by atoms with Crippen molar-refractivity contribution in [3.8, 4) is 0 Å². The molecule has 0 atom stereocenters. The van der Waals surface area contributed by atoms with Crippen LogP contribution in [0, 0.1) is 13.8 Å². The zero-order valence-electron chi connectivity index (χ0n) is 17.1. The number of carbonyl (C=O) groups is 2. The Morgan fingerprint density at radius 2 is 1.80 bits per heavy atom. The minimum Gasteiger partial charge on any atom is -0.333 e. The monoisotopic (exact) mass is 416 g/mol. The van der Waals surface area contributed by atoms with Crippen LogP contribution < -0.4 is 5.32 Å². The van der Waals surface area contributed by atoms with E-state index in [-0.39, 0.29) is 11.8 Å². The number of fused-ring (bicyclic) bond motifs is 1. The van der Waals surface area contributed by atoms with Crippen LogP contribution in [0.4, 0.5) is 0 Å². The fourth-order valence-electron chi connectivity index (χ4n) is 3.58. The molecule has 1 aliphatic heterocycles. The molecule has 152 valence electrons. The number of thiophene rings is 1. The number of hydrogen-bond acceptors (Lipinski definition) is 3. The first kappa shape index (κ1) is 20.1. The molecule has 0 bridgehead atoms. The van der Waals surface area contributed by atoms with Crippen molar-refractivity contribution < 1.29 is 9.59 Å². The largest absolute Gasteiger partial charge is 0.333 e. The van der Waals surface area contributed by atoms with Crippen molar-refractivity contribution in [2.75, 3.05) is 6.54 Å². The normalized spacial score (nSPS) is 13.7. The summed E-state index contributed by atoms with van der Waals surface area (Å²) in [6, 6.07) is 17.6. The molecule has 1 aromatic heterocycles. The van der Waals surface area contributed by atoms with Gasteiger partial charge in [0.15, 0.2) is 0 Å². The van der Waals surface area contributed by atoms with E-state index in [1.807, 2.05) is 60.5 Å². The Morgan fingerprint density at radius 1 is 1.00 bits per heavy atom. The van der Waals surface area contributed by atoms with E-state index < -0.39 is 0 Å². The molecule has 4 rings (SSSR count). The zero-order chi connectivity index (χ0) is 21.1. The third-order valence-corrected chi connectivity index (χ3v) is 6.31. The van der Waals surface area contributed by atoms with E-state index in [2.05, 4.69) is 17.4 Å². The van der Waals surface area contributed by atoms with Gasteiger partial charge in [0, 0.05) is 23.5 Å². The van der Waals surface area contributed by atoms with Crippen LogP contribution in [0.3, 0.4) is 0 Å². The molecule has 0 fully saturated rings. The molecule has 30 heavy (non-hydrogen) atoms. The van der Waals surface area contributed by atoms with Gasteiger partial charge in [0.2, 0.25) is 0 Å². The van der Waals surface area contributed by atoms with Gasteiger partial charge in [-0.1, -0.05) is 36.4 Å². The number of amides is 2. The number of nitrogens with zero attached hydrogens (tertiary/aromatic N) is 1. The summed E-state index contributed by atoms with van der Waals surface area (Å²) in [5, 5.41) is 4.83. The summed E-state index contributed by atoms with van der Waals surface area (Å²) in [6.45, 7) is 5.18. The Balaban J connectivity index is 1.59. The predicted molar refractivity (Wildman–Crippen MR) is 121 cm³/mol. The van der Waals surface area contributed by atoms with E-state index in [4.69, 9.17) is 0 Å². The van der Waals surface area contributed by atoms with Crippen molar-refractivity contribution in [3.05, 3.63) is 98.4 Å². The first-order chi connectivity index (χ1) is 14.5. The minimum atomic E-state index is -0.272. The molecule has 0 saturated carbocycles. The summed E-state index contributed by atoms with van der Waals surface area (Å²) in [5.41, 5.74) is 5.47. The molecule has 2 heterocycles. The Kier molecular flexibility index (Phi) is 5.81. The molecule has 2 aromatic carbocycles. The highest BCUT2D eigenvalue weighted by Crippen LogP contribution is 2.21. The molecular formula is C25H24N2O2S. The Labute approximate surface area is 180 Å². The average molecular weight is 417 g/mol. The van der Waals surface area contributed by atoms with Crippen LogP contribution in [0.15, 0.2) is 65.7 Å². The fraction of sp³-hybridized carbons (Fsp3) is 0.200. The third-order valence-electron chi connectivity index (χ3n) is 5.50. The topological polar surface area (TPSA) is 49.4 Å². The number of aryl methyl sites for hydroxylation is 2. The maximum absolute atomic E-state index is 13.4. The molecule has 0 aliphatic carbocycles. The second kappa shape index (κ2) is 8.67. The molecule has 5 heteroatoms. The lowest BCUT2D eigenvalue weighted by Crippen LogP contribution is -2.41. The molecule has 1 aliphatic rings. The summed E-state index contributed by atoms with van der Waals surface area (Å²) in [4.78, 5) is 29.0. The van der Waals surface area contributed by atoms with E-state index in [0.717, 1.165) is 28.0 Å². The predicted octanol–water partition coefficient (Wildman–Crippen LogP) is 4.72. The van der Waals surface area contributed by atoms with E-state index in [1.165, 1.54) is 16.9 Å². The zero-order valence-corrected chi connectivity index (χ0v) is 18.0. The lowest BCUT2D eigenvalue weighted by molar-refractivity contribution is -0.128. The highest BCUT2D eigenvalue weighted by atomic mass is 32.1. The van der Waals surface area contributed by atoms with Crippen molar-refractivity contribution in [3.63, 3.8) is 0 Å². The molecule has 2 amide bonds. The first-order valence-corrected chi connectivity index (χ1v) is 10.9. The van der Waals surface area contributed by atoms with Crippen molar-refractivity contribution >= 4 is 29.2 Å². The maximum atomic E-state index is 13.4. The SMILES string of the molecule is Cc1ccc(C(=O)N/C(=C\c2cccs2)C(=O)N2CCc3ccccc3C2)cc1C. The van der Waals surface area contributed by atoms with Crippen LogP contribution >= 0.6 is 11.3 Å². The van der Waals surface area contributed by atoms with Crippen LogP contribution in [0.5, 0.6) is 0 Å². The highest BCUT2D eigenvalue weighted by molar-refractivity contribution is 7.10. The van der Waals surface area contributed by atoms with Crippen molar-refractivity contribution in [1.29, 1.82) is 0 Å². The van der Waals surface area contributed by atoms with Gasteiger partial charge in [-0.15, -0.1) is 11.3 Å². The van der Waals surface area contributed by atoms with E-state index >= 15 is 0 Å². The van der Waals surface area contributed by atoms with Crippen LogP contribution in [-0.4, -0.2) is 23.3 Å². The number of rotatable bonds is 4. The van der Waals surface area contributed by atoms with Gasteiger partial charge in [-0.2, -0.15) is 0 Å². The maximum Gasteiger partial charge on any atom is 0.270 e. The second-order valence-corrected chi connectivity index (χ2v) is 8.55. The lowest BCUT2D eigenvalue weighted by atomic mass is 9.99. The summed E-state index contributed by atoms with van der Waals surface area (Å²) in [7, 11) is 0. The number of carbonyl (C=O) groups excluding carboxylic acids is 2. The van der Waals surface area contributed by atoms with Crippen LogP contribution in [0.1, 0.15) is 37.5 Å². The second-order valence-electron chi connectivity index (χ2n) is 7.57. The van der Waals surface area contributed by atoms with Gasteiger partial charge in [-0.25, -0.2) is 0 Å². The first-order valence-electron chi connectivity index (χ1n) is 10.0. The van der Waals surface area contributed by atoms with Crippen molar-refractivity contribution in [2.45, 2.75) is 26.8 Å². The Bertz CT molecular complexity index is 1120. The molecular weight excluding hydrogens is 392 g/mol. The average Bonchev–Trinajstić information content (AvgIpc) is 3.27. The van der Waals surface area contributed by atoms with Crippen LogP contribution in [-0.2, 0) is 17.8 Å². The van der Waals surface area contributed by atoms with Crippen LogP contribution in [0.2, 0.25) is 0 Å². The van der Waals surface area contributed by atoms with Gasteiger partial charge in [0.05, 0.1) is 0 Å². The van der Waals surface area contributed by atoms with E-state index in [1.54, 1.807) is 12.1 Å². The van der Waals surface area contributed by atoms with E-state index in [0.29, 0.717) is 24.4 Å². The molecule has 0 saturated heterocycles. The lowest BCUT2D eigenvalue weighted by Gasteiger charge is -2.29. The van der Waals surface area contributed by atoms with Gasteiger partial charge in [0.25, 0.3) is 11.8 Å². The quantitative estimate of drug-likeness (QED) is 0.626. The fourth-order valence-corrected chi connectivity index (χ4v) is 4.24. The number of benzene rings is 2. The third kappa shape index (κ3) is 4.36. The molecule has 0 unspecified atom stereocenters. The van der Waals surface area contributed by atoms with E-state index in [9.17, 15) is 9.59 Å². The minimum absolute atomic E-state index is 0.157. The van der Waals surface area contributed by atoms with Gasteiger partial charge in [-0.05, 0) is 72.2 Å². The molecule has 1 N–H and O–H groups in total. The van der Waals surface area contributed by atoms with Crippen molar-refractivity contribution in [2.24, 2.45) is 0 Å². The number of hydrogen-bond donors (Lipinski definition) is 1.